The summed E-state index contributed by atoms with van der Waals surface area (Å²) in [5, 5.41) is 9.97. The molecule has 1 aromatic heterocycles. The van der Waals surface area contributed by atoms with Gasteiger partial charge in [-0.05, 0) is 60.2 Å². The van der Waals surface area contributed by atoms with Crippen LogP contribution in [0.2, 0.25) is 0 Å². The van der Waals surface area contributed by atoms with Gasteiger partial charge in [0.15, 0.2) is 0 Å². The molecule has 2 N–H and O–H groups in total. The van der Waals surface area contributed by atoms with E-state index in [0.29, 0.717) is 24.4 Å². The minimum Gasteiger partial charge on any atom is -0.496 e. The number of benzene rings is 1. The number of methoxy groups -OCH3 is 1. The lowest BCUT2D eigenvalue weighted by atomic mass is 9.69. The molecule has 0 unspecified atom stereocenters. The lowest BCUT2D eigenvalue weighted by Gasteiger charge is -2.40. The second-order valence-electron chi connectivity index (χ2n) is 7.45. The molecule has 6 nitrogen and oxygen atoms in total. The van der Waals surface area contributed by atoms with Gasteiger partial charge in [-0.3, -0.25) is 4.79 Å². The summed E-state index contributed by atoms with van der Waals surface area (Å²) < 4.78 is 10.8. The Hall–Kier alpha value is -2.80. The SMILES string of the molecule is C=CCNC(=O)OC1CCC(CNC(=O)c2ccccc2OC)(c2ccsc2)CC1. The van der Waals surface area contributed by atoms with Gasteiger partial charge < -0.3 is 20.1 Å². The van der Waals surface area contributed by atoms with Gasteiger partial charge in [-0.2, -0.15) is 11.3 Å². The van der Waals surface area contributed by atoms with E-state index in [1.165, 1.54) is 5.56 Å². The van der Waals surface area contributed by atoms with Crippen molar-refractivity contribution in [2.45, 2.75) is 37.2 Å². The molecule has 1 aliphatic rings. The van der Waals surface area contributed by atoms with Crippen LogP contribution in [0.3, 0.4) is 0 Å². The van der Waals surface area contributed by atoms with Gasteiger partial charge in [-0.1, -0.05) is 18.2 Å². The van der Waals surface area contributed by atoms with E-state index in [-0.39, 0.29) is 17.4 Å². The van der Waals surface area contributed by atoms with Crippen LogP contribution in [0.15, 0.2) is 53.7 Å². The van der Waals surface area contributed by atoms with Crippen LogP contribution < -0.4 is 15.4 Å². The molecule has 2 aromatic rings. The van der Waals surface area contributed by atoms with E-state index in [2.05, 4.69) is 34.0 Å². The van der Waals surface area contributed by atoms with Crippen LogP contribution in [0.4, 0.5) is 4.79 Å². The van der Waals surface area contributed by atoms with Gasteiger partial charge in [0.25, 0.3) is 5.91 Å². The number of amides is 2. The number of thiophene rings is 1. The average molecular weight is 429 g/mol. The van der Waals surface area contributed by atoms with E-state index in [4.69, 9.17) is 9.47 Å². The lowest BCUT2D eigenvalue weighted by molar-refractivity contribution is 0.0571. The summed E-state index contributed by atoms with van der Waals surface area (Å²) in [7, 11) is 1.56. The maximum absolute atomic E-state index is 12.8. The first-order valence-corrected chi connectivity index (χ1v) is 11.0. The fourth-order valence-corrected chi connectivity index (χ4v) is 4.70. The van der Waals surface area contributed by atoms with Gasteiger partial charge in [0.1, 0.15) is 11.9 Å². The normalized spacial score (nSPS) is 20.8. The number of nitrogens with one attached hydrogen (secondary N) is 2. The zero-order chi connectivity index (χ0) is 21.4. The Bertz CT molecular complexity index is 858. The molecule has 1 aliphatic carbocycles. The van der Waals surface area contributed by atoms with Gasteiger partial charge in [0.05, 0.1) is 12.7 Å². The Morgan fingerprint density at radius 1 is 1.23 bits per heavy atom. The molecule has 3 rings (SSSR count). The smallest absolute Gasteiger partial charge is 0.407 e. The predicted molar refractivity (Wildman–Crippen MR) is 118 cm³/mol. The van der Waals surface area contributed by atoms with Gasteiger partial charge in [0.2, 0.25) is 0 Å². The van der Waals surface area contributed by atoms with Crippen LogP contribution >= 0.6 is 11.3 Å². The number of hydrogen-bond donors (Lipinski definition) is 2. The van der Waals surface area contributed by atoms with Crippen molar-refractivity contribution in [3.05, 3.63) is 64.9 Å². The summed E-state index contributed by atoms with van der Waals surface area (Å²) in [6.45, 7) is 4.49. The van der Waals surface area contributed by atoms with Gasteiger partial charge in [-0.15, -0.1) is 6.58 Å². The number of alkyl carbamates (subject to hydrolysis) is 1. The van der Waals surface area contributed by atoms with Crippen LogP contribution in [-0.4, -0.2) is 38.3 Å². The van der Waals surface area contributed by atoms with E-state index in [1.54, 1.807) is 36.7 Å². The third-order valence-electron chi connectivity index (χ3n) is 5.63. The van der Waals surface area contributed by atoms with Crippen molar-refractivity contribution in [1.29, 1.82) is 0 Å². The van der Waals surface area contributed by atoms with Gasteiger partial charge in [-0.25, -0.2) is 4.79 Å². The number of ether oxygens (including phenoxy) is 2. The van der Waals surface area contributed by atoms with Crippen molar-refractivity contribution in [3.63, 3.8) is 0 Å². The van der Waals surface area contributed by atoms with E-state index in [9.17, 15) is 9.59 Å². The minimum absolute atomic E-state index is 0.119. The molecular formula is C23H28N2O4S. The van der Waals surface area contributed by atoms with Crippen LogP contribution in [0.1, 0.15) is 41.6 Å². The minimum atomic E-state index is -0.410. The maximum atomic E-state index is 12.8. The first-order valence-electron chi connectivity index (χ1n) is 10.1. The Morgan fingerprint density at radius 3 is 2.67 bits per heavy atom. The Labute approximate surface area is 181 Å². The largest absolute Gasteiger partial charge is 0.496 e. The zero-order valence-corrected chi connectivity index (χ0v) is 18.0. The highest BCUT2D eigenvalue weighted by molar-refractivity contribution is 7.08. The molecule has 1 fully saturated rings. The first kappa shape index (κ1) is 21.9. The molecule has 160 valence electrons. The van der Waals surface area contributed by atoms with Crippen molar-refractivity contribution < 1.29 is 19.1 Å². The molecule has 7 heteroatoms. The fraction of sp³-hybridized carbons (Fsp3) is 0.391. The zero-order valence-electron chi connectivity index (χ0n) is 17.2. The highest BCUT2D eigenvalue weighted by Gasteiger charge is 2.38. The summed E-state index contributed by atoms with van der Waals surface area (Å²) in [5.74, 6) is 0.409. The number of rotatable bonds is 8. The van der Waals surface area contributed by atoms with Crippen LogP contribution in [0.25, 0.3) is 0 Å². The Kier molecular flexibility index (Phi) is 7.52. The standard InChI is InChI=1S/C23H28N2O4S/c1-3-13-24-22(27)29-18-8-11-23(12-9-18,17-10-14-30-15-17)16-25-21(26)19-6-4-5-7-20(19)28-2/h3-7,10,14-15,18H,1,8-9,11-13,16H2,2H3,(H,24,27)(H,25,26). The van der Waals surface area contributed by atoms with Crippen LogP contribution in [0.5, 0.6) is 5.75 Å². The topological polar surface area (TPSA) is 76.7 Å². The molecule has 1 aromatic carbocycles. The van der Waals surface area contributed by atoms with Crippen molar-refractivity contribution in [3.8, 4) is 5.75 Å². The lowest BCUT2D eigenvalue weighted by Crippen LogP contribution is -2.45. The third kappa shape index (κ3) is 5.21. The molecule has 0 saturated heterocycles. The Morgan fingerprint density at radius 2 is 2.00 bits per heavy atom. The number of hydrogen-bond acceptors (Lipinski definition) is 5. The summed E-state index contributed by atoms with van der Waals surface area (Å²) >= 11 is 1.65. The second-order valence-corrected chi connectivity index (χ2v) is 8.23. The molecule has 1 heterocycles. The quantitative estimate of drug-likeness (QED) is 0.616. The molecule has 1 saturated carbocycles. The number of carbonyl (C=O) groups is 2. The summed E-state index contributed by atoms with van der Waals surface area (Å²) in [4.78, 5) is 24.7. The highest BCUT2D eigenvalue weighted by Crippen LogP contribution is 2.41. The van der Waals surface area contributed by atoms with Gasteiger partial charge >= 0.3 is 6.09 Å². The van der Waals surface area contributed by atoms with Crippen LogP contribution in [-0.2, 0) is 10.2 Å². The molecule has 0 spiro atoms. The summed E-state index contributed by atoms with van der Waals surface area (Å²) in [6, 6.07) is 9.33. The highest BCUT2D eigenvalue weighted by atomic mass is 32.1. The molecule has 0 atom stereocenters. The van der Waals surface area contributed by atoms with E-state index < -0.39 is 6.09 Å². The molecular weight excluding hydrogens is 400 g/mol. The molecule has 2 amide bonds. The maximum Gasteiger partial charge on any atom is 0.407 e. The van der Waals surface area contributed by atoms with E-state index in [1.807, 2.05) is 12.1 Å². The molecule has 0 bridgehead atoms. The van der Waals surface area contributed by atoms with Crippen molar-refractivity contribution in [1.82, 2.24) is 10.6 Å². The predicted octanol–water partition coefficient (Wildman–Crippen LogP) is 4.28. The Balaban J connectivity index is 1.65. The van der Waals surface area contributed by atoms with E-state index in [0.717, 1.165) is 25.7 Å². The monoisotopic (exact) mass is 428 g/mol. The average Bonchev–Trinajstić information content (AvgIpc) is 3.33. The van der Waals surface area contributed by atoms with Crippen molar-refractivity contribution in [2.75, 3.05) is 20.2 Å². The molecule has 0 aliphatic heterocycles. The third-order valence-corrected chi connectivity index (χ3v) is 6.31. The second kappa shape index (κ2) is 10.3. The van der Waals surface area contributed by atoms with Gasteiger partial charge in [0, 0.05) is 18.5 Å². The molecule has 0 radical (unpaired) electrons. The fourth-order valence-electron chi connectivity index (χ4n) is 3.92. The number of carbonyl (C=O) groups excluding carboxylic acids is 2. The van der Waals surface area contributed by atoms with Crippen LogP contribution in [0, 0.1) is 0 Å². The first-order chi connectivity index (χ1) is 14.6. The summed E-state index contributed by atoms with van der Waals surface area (Å²) in [6.07, 6.45) is 4.25. The van der Waals surface area contributed by atoms with Crippen molar-refractivity contribution >= 4 is 23.3 Å². The number of para-hydroxylation sites is 1. The van der Waals surface area contributed by atoms with Crippen molar-refractivity contribution in [2.24, 2.45) is 0 Å². The summed E-state index contributed by atoms with van der Waals surface area (Å²) in [5.41, 5.74) is 1.58. The molecule has 30 heavy (non-hydrogen) atoms. The van der Waals surface area contributed by atoms with E-state index >= 15 is 0 Å².